The van der Waals surface area contributed by atoms with Crippen molar-refractivity contribution in [3.63, 3.8) is 0 Å². The van der Waals surface area contributed by atoms with Gasteiger partial charge in [0.05, 0.1) is 33.4 Å². The maximum atomic E-state index is 11.4. The fourth-order valence-electron chi connectivity index (χ4n) is 3.34. The summed E-state index contributed by atoms with van der Waals surface area (Å²) in [5, 5.41) is 10.3. The second-order valence-corrected chi connectivity index (χ2v) is 11.2. The van der Waals surface area contributed by atoms with Crippen molar-refractivity contribution in [2.75, 3.05) is 23.5 Å². The van der Waals surface area contributed by atoms with Crippen LogP contribution in [-0.2, 0) is 22.0 Å². The summed E-state index contributed by atoms with van der Waals surface area (Å²) in [7, 11) is -3.50. The van der Waals surface area contributed by atoms with E-state index in [2.05, 4.69) is 20.8 Å². The largest absolute Gasteiger partial charge is 0.489 e. The number of halogens is 3. The highest BCUT2D eigenvalue weighted by molar-refractivity contribution is 7.91. The highest BCUT2D eigenvalue weighted by Gasteiger charge is 2.27. The molecule has 0 aliphatic rings. The molecule has 0 radical (unpaired) electrons. The number of hydrogen-bond acceptors (Lipinski definition) is 7. The SMILES string of the molecule is CC(C)(c1ccc(OCc2ccnc(NS(C)(=O)=O)n2)c(Cl)c1)c1cc(Cl)c(OCCCl)c(C#N)c1. The number of alkyl halides is 1. The van der Waals surface area contributed by atoms with Crippen LogP contribution in [0, 0.1) is 11.3 Å². The number of sulfonamides is 1. The minimum absolute atomic E-state index is 0.0451. The quantitative estimate of drug-likeness (QED) is 0.318. The molecule has 3 aromatic rings. The zero-order chi connectivity index (χ0) is 26.5. The van der Waals surface area contributed by atoms with E-state index >= 15 is 0 Å². The van der Waals surface area contributed by atoms with E-state index in [1.807, 2.05) is 19.9 Å². The summed E-state index contributed by atoms with van der Waals surface area (Å²) >= 11 is 18.6. The van der Waals surface area contributed by atoms with Crippen molar-refractivity contribution in [2.24, 2.45) is 0 Å². The molecule has 1 N–H and O–H groups in total. The number of aromatic nitrogens is 2. The predicted molar refractivity (Wildman–Crippen MR) is 141 cm³/mol. The van der Waals surface area contributed by atoms with Crippen LogP contribution in [0.25, 0.3) is 0 Å². The Morgan fingerprint density at radius 1 is 1.08 bits per heavy atom. The average Bonchev–Trinajstić information content (AvgIpc) is 2.81. The molecule has 0 bridgehead atoms. The van der Waals surface area contributed by atoms with E-state index < -0.39 is 15.4 Å². The Bertz CT molecular complexity index is 1410. The van der Waals surface area contributed by atoms with E-state index in [9.17, 15) is 13.7 Å². The monoisotopic (exact) mass is 568 g/mol. The third-order valence-corrected chi connectivity index (χ3v) is 6.51. The third-order valence-electron chi connectivity index (χ3n) is 5.23. The maximum absolute atomic E-state index is 11.4. The number of rotatable bonds is 10. The molecule has 190 valence electrons. The standard InChI is InChI=1S/C24H23Cl3N4O4S/c1-24(2,17-10-15(13-28)22(20(27)12-17)34-9-7-25)16-4-5-21(19(26)11-16)35-14-18-6-8-29-23(30-18)31-36(3,32)33/h4-6,8,10-12H,7,9,14H2,1-3H3,(H,29,30,31). The fraction of sp³-hybridized carbons (Fsp3) is 0.292. The topological polar surface area (TPSA) is 114 Å². The van der Waals surface area contributed by atoms with E-state index in [1.54, 1.807) is 30.3 Å². The molecular formula is C24H23Cl3N4O4S. The summed E-state index contributed by atoms with van der Waals surface area (Å²) in [6.45, 7) is 4.26. The van der Waals surface area contributed by atoms with Crippen molar-refractivity contribution < 1.29 is 17.9 Å². The van der Waals surface area contributed by atoms with Crippen molar-refractivity contribution in [3.05, 3.63) is 75.0 Å². The van der Waals surface area contributed by atoms with Crippen LogP contribution < -0.4 is 14.2 Å². The van der Waals surface area contributed by atoms with Gasteiger partial charge in [-0.3, -0.25) is 4.72 Å². The van der Waals surface area contributed by atoms with Crippen molar-refractivity contribution in [3.8, 4) is 17.6 Å². The first-order chi connectivity index (χ1) is 16.9. The van der Waals surface area contributed by atoms with Gasteiger partial charge in [0, 0.05) is 11.6 Å². The second kappa shape index (κ2) is 11.5. The summed E-state index contributed by atoms with van der Waals surface area (Å²) < 4.78 is 36.3. The van der Waals surface area contributed by atoms with Crippen LogP contribution in [0.15, 0.2) is 42.6 Å². The number of anilines is 1. The minimum Gasteiger partial charge on any atom is -0.489 e. The first-order valence-corrected chi connectivity index (χ1v) is 13.8. The molecule has 0 amide bonds. The van der Waals surface area contributed by atoms with E-state index in [0.717, 1.165) is 17.4 Å². The average molecular weight is 570 g/mol. The molecule has 12 heteroatoms. The molecule has 0 aliphatic carbocycles. The summed E-state index contributed by atoms with van der Waals surface area (Å²) in [5.41, 5.74) is 1.90. The highest BCUT2D eigenvalue weighted by atomic mass is 35.5. The molecule has 1 aromatic heterocycles. The Kier molecular flexibility index (Phi) is 8.90. The van der Waals surface area contributed by atoms with Crippen LogP contribution in [0.2, 0.25) is 10.0 Å². The van der Waals surface area contributed by atoms with Gasteiger partial charge in [0.25, 0.3) is 0 Å². The fourth-order valence-corrected chi connectivity index (χ4v) is 4.36. The molecule has 0 unspecified atom stereocenters. The van der Waals surface area contributed by atoms with Gasteiger partial charge < -0.3 is 9.47 Å². The number of nitrogens with zero attached hydrogens (tertiary/aromatic N) is 3. The molecule has 0 spiro atoms. The lowest BCUT2D eigenvalue weighted by Crippen LogP contribution is -2.19. The van der Waals surface area contributed by atoms with Gasteiger partial charge >= 0.3 is 0 Å². The molecule has 0 saturated heterocycles. The van der Waals surface area contributed by atoms with Gasteiger partial charge in [-0.1, -0.05) is 43.1 Å². The predicted octanol–water partition coefficient (Wildman–Crippen LogP) is 5.55. The molecule has 8 nitrogen and oxygen atoms in total. The third kappa shape index (κ3) is 6.92. The van der Waals surface area contributed by atoms with Crippen molar-refractivity contribution in [2.45, 2.75) is 25.9 Å². The van der Waals surface area contributed by atoms with Gasteiger partial charge in [-0.2, -0.15) is 5.26 Å². The minimum atomic E-state index is -3.50. The van der Waals surface area contributed by atoms with Gasteiger partial charge in [0.2, 0.25) is 16.0 Å². The lowest BCUT2D eigenvalue weighted by molar-refractivity contribution is 0.301. The Balaban J connectivity index is 1.81. The van der Waals surface area contributed by atoms with Gasteiger partial charge in [-0.25, -0.2) is 18.4 Å². The molecule has 0 fully saturated rings. The number of ether oxygens (including phenoxy) is 2. The maximum Gasteiger partial charge on any atom is 0.236 e. The van der Waals surface area contributed by atoms with Crippen LogP contribution in [0.4, 0.5) is 5.95 Å². The highest BCUT2D eigenvalue weighted by Crippen LogP contribution is 2.40. The van der Waals surface area contributed by atoms with Crippen LogP contribution in [0.1, 0.15) is 36.2 Å². The van der Waals surface area contributed by atoms with Crippen LogP contribution in [0.3, 0.4) is 0 Å². The summed E-state index contributed by atoms with van der Waals surface area (Å²) in [5.74, 6) is 0.960. The molecular weight excluding hydrogens is 547 g/mol. The summed E-state index contributed by atoms with van der Waals surface area (Å²) in [6.07, 6.45) is 2.44. The molecule has 1 heterocycles. The molecule has 3 rings (SSSR count). The Morgan fingerprint density at radius 3 is 2.44 bits per heavy atom. The first kappa shape index (κ1) is 27.8. The van der Waals surface area contributed by atoms with Crippen molar-refractivity contribution >= 4 is 50.8 Å². The van der Waals surface area contributed by atoms with Crippen molar-refractivity contribution in [1.82, 2.24) is 9.97 Å². The van der Waals surface area contributed by atoms with E-state index in [-0.39, 0.29) is 25.0 Å². The molecule has 2 aromatic carbocycles. The van der Waals surface area contributed by atoms with E-state index in [4.69, 9.17) is 44.3 Å². The summed E-state index contributed by atoms with van der Waals surface area (Å²) in [4.78, 5) is 8.00. The van der Waals surface area contributed by atoms with Crippen molar-refractivity contribution in [1.29, 1.82) is 5.26 Å². The zero-order valence-corrected chi connectivity index (χ0v) is 22.8. The van der Waals surface area contributed by atoms with Crippen LogP contribution in [-0.4, -0.2) is 37.1 Å². The number of hydrogen-bond donors (Lipinski definition) is 1. The number of nitrogens with one attached hydrogen (secondary N) is 1. The molecule has 0 saturated carbocycles. The number of benzene rings is 2. The molecule has 0 aliphatic heterocycles. The van der Waals surface area contributed by atoms with Gasteiger partial charge in [-0.05, 0) is 41.5 Å². The zero-order valence-electron chi connectivity index (χ0n) is 19.7. The van der Waals surface area contributed by atoms with Crippen LogP contribution >= 0.6 is 34.8 Å². The Hall–Kier alpha value is -2.77. The van der Waals surface area contributed by atoms with Crippen LogP contribution in [0.5, 0.6) is 11.5 Å². The molecule has 0 atom stereocenters. The van der Waals surface area contributed by atoms with E-state index in [1.165, 1.54) is 6.20 Å². The normalized spacial score (nSPS) is 11.6. The lowest BCUT2D eigenvalue weighted by atomic mass is 9.77. The van der Waals surface area contributed by atoms with Gasteiger partial charge in [0.1, 0.15) is 25.0 Å². The first-order valence-electron chi connectivity index (χ1n) is 10.6. The Labute approximate surface area is 225 Å². The van der Waals surface area contributed by atoms with Gasteiger partial charge in [0.15, 0.2) is 5.75 Å². The summed E-state index contributed by atoms with van der Waals surface area (Å²) in [6, 6.07) is 12.6. The number of nitriles is 1. The lowest BCUT2D eigenvalue weighted by Gasteiger charge is -2.27. The Morgan fingerprint density at radius 2 is 1.81 bits per heavy atom. The smallest absolute Gasteiger partial charge is 0.236 e. The van der Waals surface area contributed by atoms with Gasteiger partial charge in [-0.15, -0.1) is 11.6 Å². The second-order valence-electron chi connectivity index (χ2n) is 8.29. The van der Waals surface area contributed by atoms with E-state index in [0.29, 0.717) is 32.8 Å². The molecule has 36 heavy (non-hydrogen) atoms.